The Balaban J connectivity index is 1.57. The summed E-state index contributed by atoms with van der Waals surface area (Å²) >= 11 is 0. The summed E-state index contributed by atoms with van der Waals surface area (Å²) in [5.74, 6) is -0.790. The molecule has 0 bridgehead atoms. The molecule has 1 aliphatic carbocycles. The van der Waals surface area contributed by atoms with Crippen LogP contribution >= 0.6 is 0 Å². The van der Waals surface area contributed by atoms with E-state index in [0.29, 0.717) is 42.5 Å². The topological polar surface area (TPSA) is 101 Å². The van der Waals surface area contributed by atoms with E-state index in [0.717, 1.165) is 54.4 Å². The standard InChI is InChI=1S/C32H36F2N6O3/c1-5-29(41)37-25-15-26(28(42-4)16-27(25)40(3)12-11-35-2)38-32-36-17-24(34)31(39-32)30-21-10-9-19(33)14-22(21)20-8-6-7-13-43-18-23(20)30/h5,9-10,14-17,20,35H,1,6-8,11-13,18H2,2-4H3,(H,37,41)(H,36,38,39). The van der Waals surface area contributed by atoms with Crippen LogP contribution in [0.3, 0.4) is 0 Å². The monoisotopic (exact) mass is 590 g/mol. The van der Waals surface area contributed by atoms with Crippen molar-refractivity contribution in [1.29, 1.82) is 0 Å². The molecular weight excluding hydrogens is 554 g/mol. The average molecular weight is 591 g/mol. The van der Waals surface area contributed by atoms with Crippen molar-refractivity contribution < 1.29 is 23.0 Å². The number of nitrogens with one attached hydrogen (secondary N) is 3. The normalized spacial score (nSPS) is 16.1. The highest BCUT2D eigenvalue weighted by molar-refractivity contribution is 6.02. The predicted octanol–water partition coefficient (Wildman–Crippen LogP) is 5.39. The molecule has 0 spiro atoms. The molecular formula is C32H36F2N6O3. The van der Waals surface area contributed by atoms with Crippen molar-refractivity contribution in [1.82, 2.24) is 15.3 Å². The molecule has 226 valence electrons. The molecule has 1 fully saturated rings. The van der Waals surface area contributed by atoms with E-state index in [2.05, 4.69) is 32.5 Å². The van der Waals surface area contributed by atoms with Crippen LogP contribution in [0.2, 0.25) is 0 Å². The summed E-state index contributed by atoms with van der Waals surface area (Å²) in [4.78, 5) is 23.1. The fourth-order valence-electron chi connectivity index (χ4n) is 5.66. The molecule has 3 N–H and O–H groups in total. The highest BCUT2D eigenvalue weighted by atomic mass is 19.1. The van der Waals surface area contributed by atoms with Crippen molar-refractivity contribution >= 4 is 34.5 Å². The minimum atomic E-state index is -0.599. The second-order valence-electron chi connectivity index (χ2n) is 10.5. The van der Waals surface area contributed by atoms with E-state index in [-0.39, 0.29) is 29.3 Å². The number of methoxy groups -OCH3 is 1. The van der Waals surface area contributed by atoms with E-state index in [1.165, 1.54) is 25.3 Å². The Morgan fingerprint density at radius 2 is 2.07 bits per heavy atom. The van der Waals surface area contributed by atoms with Gasteiger partial charge in [0.1, 0.15) is 17.3 Å². The lowest BCUT2D eigenvalue weighted by Gasteiger charge is -2.24. The fraction of sp³-hybridized carbons (Fsp3) is 0.344. The number of rotatable bonds is 10. The minimum Gasteiger partial charge on any atom is -0.494 e. The van der Waals surface area contributed by atoms with Crippen molar-refractivity contribution in [2.75, 3.05) is 63.0 Å². The van der Waals surface area contributed by atoms with Gasteiger partial charge in [-0.15, -0.1) is 0 Å². The summed E-state index contributed by atoms with van der Waals surface area (Å²) in [6.45, 7) is 5.86. The molecule has 1 aromatic heterocycles. The molecule has 3 aromatic rings. The highest BCUT2D eigenvalue weighted by Gasteiger charge is 2.35. The second-order valence-corrected chi connectivity index (χ2v) is 10.5. The molecule has 1 amide bonds. The molecule has 9 nitrogen and oxygen atoms in total. The number of carbonyl (C=O) groups excluding carboxylic acids is 1. The van der Waals surface area contributed by atoms with Crippen LogP contribution in [0.4, 0.5) is 31.8 Å². The molecule has 0 saturated carbocycles. The van der Waals surface area contributed by atoms with Gasteiger partial charge in [-0.25, -0.2) is 18.7 Å². The fourth-order valence-corrected chi connectivity index (χ4v) is 5.66. The largest absolute Gasteiger partial charge is 0.494 e. The number of nitrogens with zero attached hydrogens (tertiary/aromatic N) is 3. The first-order valence-electron chi connectivity index (χ1n) is 14.3. The van der Waals surface area contributed by atoms with Crippen LogP contribution < -0.4 is 25.6 Å². The number of carbonyl (C=O) groups is 1. The van der Waals surface area contributed by atoms with Crippen LogP contribution in [0.25, 0.3) is 5.57 Å². The summed E-state index contributed by atoms with van der Waals surface area (Å²) < 4.78 is 41.5. The maximum absolute atomic E-state index is 15.5. The number of amides is 1. The Labute approximate surface area is 250 Å². The van der Waals surface area contributed by atoms with Crippen molar-refractivity contribution in [3.05, 3.63) is 83.2 Å². The number of benzene rings is 2. The van der Waals surface area contributed by atoms with E-state index >= 15 is 4.39 Å². The number of fused-ring (bicyclic) bond motifs is 3. The lowest BCUT2D eigenvalue weighted by molar-refractivity contribution is -0.111. The zero-order valence-electron chi connectivity index (χ0n) is 24.6. The van der Waals surface area contributed by atoms with E-state index in [9.17, 15) is 9.18 Å². The van der Waals surface area contributed by atoms with Crippen molar-refractivity contribution in [3.63, 3.8) is 0 Å². The lowest BCUT2D eigenvalue weighted by atomic mass is 9.90. The summed E-state index contributed by atoms with van der Waals surface area (Å²) in [6.07, 6.45) is 4.96. The summed E-state index contributed by atoms with van der Waals surface area (Å²) in [6, 6.07) is 8.12. The first kappa shape index (κ1) is 30.1. The predicted molar refractivity (Wildman–Crippen MR) is 164 cm³/mol. The quantitative estimate of drug-likeness (QED) is 0.271. The number of hydrogen-bond acceptors (Lipinski definition) is 8. The van der Waals surface area contributed by atoms with E-state index in [1.54, 1.807) is 18.2 Å². The zero-order chi connectivity index (χ0) is 30.5. The first-order valence-corrected chi connectivity index (χ1v) is 14.3. The van der Waals surface area contributed by atoms with E-state index < -0.39 is 5.82 Å². The third-order valence-corrected chi connectivity index (χ3v) is 7.79. The van der Waals surface area contributed by atoms with Crippen molar-refractivity contribution in [2.45, 2.75) is 25.2 Å². The molecule has 2 aliphatic rings. The van der Waals surface area contributed by atoms with Crippen LogP contribution in [0.5, 0.6) is 5.75 Å². The van der Waals surface area contributed by atoms with Gasteiger partial charge in [0.15, 0.2) is 5.82 Å². The molecule has 43 heavy (non-hydrogen) atoms. The van der Waals surface area contributed by atoms with E-state index in [4.69, 9.17) is 9.47 Å². The van der Waals surface area contributed by atoms with E-state index in [1.807, 2.05) is 19.0 Å². The van der Waals surface area contributed by atoms with Crippen LogP contribution in [0.1, 0.15) is 42.0 Å². The van der Waals surface area contributed by atoms with Gasteiger partial charge in [-0.3, -0.25) is 4.79 Å². The second kappa shape index (κ2) is 13.3. The maximum Gasteiger partial charge on any atom is 0.247 e. The minimum absolute atomic E-state index is 0.0738. The van der Waals surface area contributed by atoms with Gasteiger partial charge < -0.3 is 30.3 Å². The number of ether oxygens (including phenoxy) is 2. The Morgan fingerprint density at radius 1 is 1.23 bits per heavy atom. The van der Waals surface area contributed by atoms with Crippen LogP contribution in [-0.4, -0.2) is 63.4 Å². The molecule has 0 radical (unpaired) electrons. The number of halogens is 2. The molecule has 1 unspecified atom stereocenters. The van der Waals surface area contributed by atoms with Gasteiger partial charge in [-0.2, -0.15) is 0 Å². The zero-order valence-corrected chi connectivity index (χ0v) is 24.6. The van der Waals surface area contributed by atoms with Crippen LogP contribution in [-0.2, 0) is 9.53 Å². The molecule has 2 heterocycles. The van der Waals surface area contributed by atoms with Crippen molar-refractivity contribution in [3.8, 4) is 5.75 Å². The van der Waals surface area contributed by atoms with Gasteiger partial charge in [0.05, 0.1) is 37.0 Å². The van der Waals surface area contributed by atoms with Gasteiger partial charge in [0, 0.05) is 44.3 Å². The van der Waals surface area contributed by atoms with Gasteiger partial charge >= 0.3 is 0 Å². The van der Waals surface area contributed by atoms with Crippen LogP contribution in [0.15, 0.2) is 54.8 Å². The molecule has 1 atom stereocenters. The molecule has 1 aliphatic heterocycles. The van der Waals surface area contributed by atoms with Gasteiger partial charge in [0.2, 0.25) is 11.9 Å². The lowest BCUT2D eigenvalue weighted by Crippen LogP contribution is -2.28. The maximum atomic E-state index is 15.5. The Kier molecular flexibility index (Phi) is 9.32. The number of hydrogen-bond donors (Lipinski definition) is 3. The molecule has 1 saturated heterocycles. The highest BCUT2D eigenvalue weighted by Crippen LogP contribution is 2.48. The Hall–Kier alpha value is -4.35. The third kappa shape index (κ3) is 6.37. The number of anilines is 4. The molecule has 2 aromatic carbocycles. The number of likely N-dealkylation sites (N-methyl/N-ethyl adjacent to an activating group) is 2. The van der Waals surface area contributed by atoms with Gasteiger partial charge in [-0.1, -0.05) is 19.1 Å². The van der Waals surface area contributed by atoms with Gasteiger partial charge in [-0.05, 0) is 60.9 Å². The third-order valence-electron chi connectivity index (χ3n) is 7.79. The summed E-state index contributed by atoms with van der Waals surface area (Å²) in [5, 5.41) is 9.11. The smallest absolute Gasteiger partial charge is 0.247 e. The number of aromatic nitrogens is 2. The summed E-state index contributed by atoms with van der Waals surface area (Å²) in [7, 11) is 5.31. The Morgan fingerprint density at radius 3 is 2.84 bits per heavy atom. The summed E-state index contributed by atoms with van der Waals surface area (Å²) in [5.41, 5.74) is 4.88. The van der Waals surface area contributed by atoms with Gasteiger partial charge in [0.25, 0.3) is 0 Å². The SMILES string of the molecule is C=CC(=O)Nc1cc(Nc2ncc(F)c(C3=C4COCCCCC4c4cc(F)ccc43)n2)c(OC)cc1N(C)CCNC. The average Bonchev–Trinajstić information content (AvgIpc) is 3.27. The van der Waals surface area contributed by atoms with Crippen molar-refractivity contribution in [2.24, 2.45) is 0 Å². The Bertz CT molecular complexity index is 1560. The first-order chi connectivity index (χ1) is 20.8. The van der Waals surface area contributed by atoms with Crippen LogP contribution in [0, 0.1) is 11.6 Å². The molecule has 5 rings (SSSR count). The molecule has 11 heteroatoms.